The van der Waals surface area contributed by atoms with Crippen LogP contribution in [0.25, 0.3) is 0 Å². The van der Waals surface area contributed by atoms with E-state index in [1.54, 1.807) is 0 Å². The molecule has 0 heterocycles. The van der Waals surface area contributed by atoms with E-state index in [1.807, 2.05) is 6.07 Å². The van der Waals surface area contributed by atoms with Crippen LogP contribution in [0.15, 0.2) is 35.3 Å². The smallest absolute Gasteiger partial charge is 0.191 e. The highest BCUT2D eigenvalue weighted by Gasteiger charge is 2.19. The molecule has 0 amide bonds. The summed E-state index contributed by atoms with van der Waals surface area (Å²) in [6, 6.07) is 10.9. The molecule has 0 bridgehead atoms. The highest BCUT2D eigenvalue weighted by Crippen LogP contribution is 2.18. The quantitative estimate of drug-likeness (QED) is 0.528. The minimum atomic E-state index is -0.116. The van der Waals surface area contributed by atoms with E-state index in [4.69, 9.17) is 4.99 Å². The van der Waals surface area contributed by atoms with Gasteiger partial charge in [-0.2, -0.15) is 0 Å². The van der Waals surface area contributed by atoms with Crippen molar-refractivity contribution in [1.29, 1.82) is 0 Å². The molecule has 0 radical (unpaired) electrons. The van der Waals surface area contributed by atoms with Gasteiger partial charge in [-0.25, -0.2) is 0 Å². The van der Waals surface area contributed by atoms with E-state index < -0.39 is 0 Å². The molecular weight excluding hydrogens is 300 g/mol. The summed E-state index contributed by atoms with van der Waals surface area (Å²) in [6.45, 7) is 5.59. The summed E-state index contributed by atoms with van der Waals surface area (Å²) in [5.74, 6) is 0.895. The van der Waals surface area contributed by atoms with Gasteiger partial charge in [0.1, 0.15) is 0 Å². The van der Waals surface area contributed by atoms with Gasteiger partial charge in [0.05, 0.1) is 12.6 Å². The fraction of sp³-hybridized carbons (Fsp3) is 0.632. The zero-order chi connectivity index (χ0) is 17.2. The van der Waals surface area contributed by atoms with Crippen LogP contribution in [0.5, 0.6) is 0 Å². The molecule has 3 N–H and O–H groups in total. The van der Waals surface area contributed by atoms with Crippen molar-refractivity contribution in [3.8, 4) is 0 Å². The second kappa shape index (κ2) is 10.3. The summed E-state index contributed by atoms with van der Waals surface area (Å²) < 4.78 is 0. The van der Waals surface area contributed by atoms with E-state index in [0.29, 0.717) is 6.04 Å². The molecule has 5 nitrogen and oxygen atoms in total. The first-order chi connectivity index (χ1) is 11.7. The molecule has 2 rings (SSSR count). The number of benzene rings is 1. The molecule has 1 aliphatic carbocycles. The van der Waals surface area contributed by atoms with Gasteiger partial charge in [-0.3, -0.25) is 4.99 Å². The number of aliphatic hydroxyl groups excluding tert-OH is 1. The Morgan fingerprint density at radius 2 is 1.92 bits per heavy atom. The molecule has 24 heavy (non-hydrogen) atoms. The lowest BCUT2D eigenvalue weighted by atomic mass is 9.93. The van der Waals surface area contributed by atoms with Crippen molar-refractivity contribution in [1.82, 2.24) is 15.5 Å². The average molecular weight is 332 g/mol. The summed E-state index contributed by atoms with van der Waals surface area (Å²) in [5, 5.41) is 16.4. The second-order valence-corrected chi connectivity index (χ2v) is 6.63. The fourth-order valence-electron chi connectivity index (χ4n) is 3.04. The molecular formula is C19H32N4O. The molecule has 1 aliphatic rings. The Morgan fingerprint density at radius 3 is 2.58 bits per heavy atom. The lowest BCUT2D eigenvalue weighted by Gasteiger charge is -2.27. The van der Waals surface area contributed by atoms with Crippen molar-refractivity contribution in [3.63, 3.8) is 0 Å². The second-order valence-electron chi connectivity index (χ2n) is 6.63. The third kappa shape index (κ3) is 6.89. The molecule has 0 saturated heterocycles. The van der Waals surface area contributed by atoms with Crippen molar-refractivity contribution in [2.45, 2.75) is 51.3 Å². The summed E-state index contributed by atoms with van der Waals surface area (Å²) >= 11 is 0. The maximum absolute atomic E-state index is 9.61. The molecule has 0 aliphatic heterocycles. The Bertz CT molecular complexity index is 483. The van der Waals surface area contributed by atoms with E-state index in [-0.39, 0.29) is 6.10 Å². The largest absolute Gasteiger partial charge is 0.393 e. The first-order valence-corrected chi connectivity index (χ1v) is 9.12. The molecule has 1 saturated carbocycles. The third-order valence-electron chi connectivity index (χ3n) is 4.43. The zero-order valence-electron chi connectivity index (χ0n) is 15.0. The fourth-order valence-corrected chi connectivity index (χ4v) is 3.04. The van der Waals surface area contributed by atoms with Crippen LogP contribution in [0.4, 0.5) is 0 Å². The van der Waals surface area contributed by atoms with Crippen LogP contribution in [0.2, 0.25) is 0 Å². The predicted molar refractivity (Wildman–Crippen MR) is 100 cm³/mol. The van der Waals surface area contributed by atoms with Crippen molar-refractivity contribution < 1.29 is 5.11 Å². The standard InChI is InChI=1S/C19H32N4O/c1-3-20-19(22-17-9-11-18(24)12-10-17)21-13-14-23(2)15-16-7-5-4-6-8-16/h4-8,17-18,24H,3,9-15H2,1-2H3,(H2,20,21,22). The number of nitrogens with one attached hydrogen (secondary N) is 2. The van der Waals surface area contributed by atoms with Gasteiger partial charge in [-0.1, -0.05) is 30.3 Å². The van der Waals surface area contributed by atoms with Gasteiger partial charge in [0.2, 0.25) is 0 Å². The molecule has 1 fully saturated rings. The summed E-state index contributed by atoms with van der Waals surface area (Å²) in [6.07, 6.45) is 3.68. The topological polar surface area (TPSA) is 59.9 Å². The first kappa shape index (κ1) is 18.7. The molecule has 1 aromatic carbocycles. The van der Waals surface area contributed by atoms with Gasteiger partial charge in [0.25, 0.3) is 0 Å². The number of hydrogen-bond donors (Lipinski definition) is 3. The normalized spacial score (nSPS) is 21.8. The molecule has 0 spiro atoms. The van der Waals surface area contributed by atoms with E-state index in [0.717, 1.165) is 57.8 Å². The summed E-state index contributed by atoms with van der Waals surface area (Å²) in [4.78, 5) is 6.99. The Morgan fingerprint density at radius 1 is 1.21 bits per heavy atom. The van der Waals surface area contributed by atoms with Gasteiger partial charge in [0, 0.05) is 25.7 Å². The monoisotopic (exact) mass is 332 g/mol. The number of nitrogens with zero attached hydrogens (tertiary/aromatic N) is 2. The number of aliphatic hydroxyl groups is 1. The van der Waals surface area contributed by atoms with Gasteiger partial charge >= 0.3 is 0 Å². The van der Waals surface area contributed by atoms with Crippen molar-refractivity contribution >= 4 is 5.96 Å². The van der Waals surface area contributed by atoms with Gasteiger partial charge < -0.3 is 20.6 Å². The lowest BCUT2D eigenvalue weighted by molar-refractivity contribution is 0.120. The van der Waals surface area contributed by atoms with Crippen molar-refractivity contribution in [2.24, 2.45) is 4.99 Å². The Hall–Kier alpha value is -1.59. The highest BCUT2D eigenvalue weighted by atomic mass is 16.3. The van der Waals surface area contributed by atoms with Crippen LogP contribution >= 0.6 is 0 Å². The number of rotatable bonds is 7. The maximum Gasteiger partial charge on any atom is 0.191 e. The van der Waals surface area contributed by atoms with Crippen LogP contribution in [-0.2, 0) is 6.54 Å². The average Bonchev–Trinajstić information content (AvgIpc) is 2.58. The zero-order valence-corrected chi connectivity index (χ0v) is 15.0. The van der Waals surface area contributed by atoms with E-state index in [9.17, 15) is 5.11 Å². The lowest BCUT2D eigenvalue weighted by Crippen LogP contribution is -2.45. The Balaban J connectivity index is 1.75. The number of aliphatic imine (C=N–C) groups is 1. The SMILES string of the molecule is CCNC(=NCCN(C)Cc1ccccc1)NC1CCC(O)CC1. The summed E-state index contributed by atoms with van der Waals surface area (Å²) in [7, 11) is 2.13. The first-order valence-electron chi connectivity index (χ1n) is 9.12. The molecule has 134 valence electrons. The van der Waals surface area contributed by atoms with Crippen LogP contribution in [0, 0.1) is 0 Å². The molecule has 0 aromatic heterocycles. The number of guanidine groups is 1. The van der Waals surface area contributed by atoms with Crippen LogP contribution in [-0.4, -0.2) is 54.8 Å². The van der Waals surface area contributed by atoms with Crippen LogP contribution < -0.4 is 10.6 Å². The van der Waals surface area contributed by atoms with Crippen molar-refractivity contribution in [2.75, 3.05) is 26.7 Å². The van der Waals surface area contributed by atoms with E-state index in [2.05, 4.69) is 53.8 Å². The number of hydrogen-bond acceptors (Lipinski definition) is 3. The molecule has 0 atom stereocenters. The predicted octanol–water partition coefficient (Wildman–Crippen LogP) is 1.98. The highest BCUT2D eigenvalue weighted by molar-refractivity contribution is 5.80. The molecule has 0 unspecified atom stereocenters. The van der Waals surface area contributed by atoms with E-state index >= 15 is 0 Å². The third-order valence-corrected chi connectivity index (χ3v) is 4.43. The molecule has 1 aromatic rings. The van der Waals surface area contributed by atoms with E-state index in [1.165, 1.54) is 5.56 Å². The number of likely N-dealkylation sites (N-methyl/N-ethyl adjacent to an activating group) is 1. The van der Waals surface area contributed by atoms with Gasteiger partial charge in [-0.05, 0) is 45.2 Å². The van der Waals surface area contributed by atoms with Crippen LogP contribution in [0.1, 0.15) is 38.2 Å². The van der Waals surface area contributed by atoms with Gasteiger partial charge in [0.15, 0.2) is 5.96 Å². The minimum Gasteiger partial charge on any atom is -0.393 e. The minimum absolute atomic E-state index is 0.116. The van der Waals surface area contributed by atoms with Crippen molar-refractivity contribution in [3.05, 3.63) is 35.9 Å². The maximum atomic E-state index is 9.61. The summed E-state index contributed by atoms with van der Waals surface area (Å²) in [5.41, 5.74) is 1.33. The Kier molecular flexibility index (Phi) is 8.05. The molecule has 5 heteroatoms. The van der Waals surface area contributed by atoms with Gasteiger partial charge in [-0.15, -0.1) is 0 Å². The van der Waals surface area contributed by atoms with Crippen LogP contribution in [0.3, 0.4) is 0 Å². The Labute approximate surface area is 146 Å².